The van der Waals surface area contributed by atoms with Crippen LogP contribution in [-0.2, 0) is 19.5 Å². The first-order valence-electron chi connectivity index (χ1n) is 8.13. The van der Waals surface area contributed by atoms with Gasteiger partial charge in [0.05, 0.1) is 17.5 Å². The van der Waals surface area contributed by atoms with E-state index in [1.54, 1.807) is 0 Å². The minimum absolute atomic E-state index is 0.0242. The van der Waals surface area contributed by atoms with Gasteiger partial charge in [-0.1, -0.05) is 0 Å². The van der Waals surface area contributed by atoms with Gasteiger partial charge in [-0.3, -0.25) is 4.79 Å². The maximum Gasteiger partial charge on any atom is 0.251 e. The Morgan fingerprint density at radius 2 is 1.58 bits per heavy atom. The van der Waals surface area contributed by atoms with Crippen LogP contribution in [0, 0.1) is 0 Å². The number of carbonyl (C=O) groups is 1. The van der Waals surface area contributed by atoms with E-state index in [1.807, 2.05) is 0 Å². The van der Waals surface area contributed by atoms with Crippen molar-refractivity contribution in [2.45, 2.75) is 36.2 Å². The summed E-state index contributed by atoms with van der Waals surface area (Å²) in [5.74, 6) is -0.216. The zero-order chi connectivity index (χ0) is 17.0. The lowest BCUT2D eigenvalue weighted by molar-refractivity contribution is 0.0832. The maximum atomic E-state index is 12.4. The first-order valence-corrected chi connectivity index (χ1v) is 9.62. The molecule has 2 heterocycles. The number of rotatable bonds is 5. The van der Waals surface area contributed by atoms with Crippen molar-refractivity contribution in [3.8, 4) is 0 Å². The second-order valence-electron chi connectivity index (χ2n) is 6.07. The standard InChI is InChI=1S/C16H22N2O5S/c19-16(17-14-7-10-23-11-14)12-1-3-15(4-2-12)24(20,21)18-13-5-8-22-9-6-13/h1-4,13-14,18H,5-11H2,(H,17,19)/t14-/m0/s1. The van der Waals surface area contributed by atoms with Gasteiger partial charge in [0, 0.05) is 31.4 Å². The zero-order valence-electron chi connectivity index (χ0n) is 13.4. The Bertz CT molecular complexity index is 662. The highest BCUT2D eigenvalue weighted by Crippen LogP contribution is 2.15. The van der Waals surface area contributed by atoms with E-state index in [-0.39, 0.29) is 22.9 Å². The van der Waals surface area contributed by atoms with Crippen molar-refractivity contribution in [2.24, 2.45) is 0 Å². The summed E-state index contributed by atoms with van der Waals surface area (Å²) in [6.07, 6.45) is 2.14. The first-order chi connectivity index (χ1) is 11.5. The summed E-state index contributed by atoms with van der Waals surface area (Å²) in [6, 6.07) is 5.90. The number of hydrogen-bond acceptors (Lipinski definition) is 5. The lowest BCUT2D eigenvalue weighted by atomic mass is 10.1. The van der Waals surface area contributed by atoms with E-state index in [9.17, 15) is 13.2 Å². The fraction of sp³-hybridized carbons (Fsp3) is 0.562. The minimum Gasteiger partial charge on any atom is -0.381 e. The van der Waals surface area contributed by atoms with Crippen molar-refractivity contribution >= 4 is 15.9 Å². The van der Waals surface area contributed by atoms with Gasteiger partial charge in [0.15, 0.2) is 0 Å². The predicted octanol–water partition coefficient (Wildman–Crippen LogP) is 0.663. The van der Waals surface area contributed by atoms with Crippen molar-refractivity contribution < 1.29 is 22.7 Å². The van der Waals surface area contributed by atoms with Gasteiger partial charge in [-0.2, -0.15) is 0 Å². The Morgan fingerprint density at radius 1 is 0.958 bits per heavy atom. The lowest BCUT2D eigenvalue weighted by Crippen LogP contribution is -2.38. The van der Waals surface area contributed by atoms with Crippen molar-refractivity contribution in [2.75, 3.05) is 26.4 Å². The number of ether oxygens (including phenoxy) is 2. The smallest absolute Gasteiger partial charge is 0.251 e. The summed E-state index contributed by atoms with van der Waals surface area (Å²) >= 11 is 0. The molecule has 2 fully saturated rings. The number of amides is 1. The molecule has 2 aliphatic heterocycles. The molecule has 0 unspecified atom stereocenters. The third-order valence-electron chi connectivity index (χ3n) is 4.23. The van der Waals surface area contributed by atoms with E-state index in [4.69, 9.17) is 9.47 Å². The Kier molecular flexibility index (Phi) is 5.50. The lowest BCUT2D eigenvalue weighted by Gasteiger charge is -2.23. The normalized spacial score (nSPS) is 22.4. The van der Waals surface area contributed by atoms with Crippen LogP contribution in [0.3, 0.4) is 0 Å². The number of carbonyl (C=O) groups excluding carboxylic acids is 1. The number of hydrogen-bond donors (Lipinski definition) is 2. The average molecular weight is 354 g/mol. The summed E-state index contributed by atoms with van der Waals surface area (Å²) in [7, 11) is -3.58. The minimum atomic E-state index is -3.58. The third-order valence-corrected chi connectivity index (χ3v) is 5.77. The van der Waals surface area contributed by atoms with E-state index in [2.05, 4.69) is 10.0 Å². The van der Waals surface area contributed by atoms with Gasteiger partial charge in [0.1, 0.15) is 0 Å². The second-order valence-corrected chi connectivity index (χ2v) is 7.78. The molecule has 2 N–H and O–H groups in total. The van der Waals surface area contributed by atoms with E-state index >= 15 is 0 Å². The Hall–Kier alpha value is -1.48. The highest BCUT2D eigenvalue weighted by atomic mass is 32.2. The molecule has 132 valence electrons. The summed E-state index contributed by atoms with van der Waals surface area (Å²) < 4.78 is 37.9. The zero-order valence-corrected chi connectivity index (χ0v) is 14.2. The van der Waals surface area contributed by atoms with Gasteiger partial charge in [-0.05, 0) is 43.5 Å². The van der Waals surface area contributed by atoms with Crippen LogP contribution in [0.4, 0.5) is 0 Å². The van der Waals surface area contributed by atoms with E-state index in [0.29, 0.717) is 44.8 Å². The average Bonchev–Trinajstić information content (AvgIpc) is 3.08. The molecule has 0 radical (unpaired) electrons. The molecule has 24 heavy (non-hydrogen) atoms. The molecule has 2 aliphatic rings. The molecule has 0 aliphatic carbocycles. The monoisotopic (exact) mass is 354 g/mol. The van der Waals surface area contributed by atoms with E-state index in [0.717, 1.165) is 6.42 Å². The number of benzene rings is 1. The Morgan fingerprint density at radius 3 is 2.21 bits per heavy atom. The first kappa shape index (κ1) is 17.3. The summed E-state index contributed by atoms with van der Waals surface area (Å²) in [5, 5.41) is 2.88. The van der Waals surface area contributed by atoms with Gasteiger partial charge in [-0.15, -0.1) is 0 Å². The van der Waals surface area contributed by atoms with Gasteiger partial charge in [0.25, 0.3) is 5.91 Å². The second kappa shape index (κ2) is 7.60. The molecule has 7 nitrogen and oxygen atoms in total. The number of nitrogens with one attached hydrogen (secondary N) is 2. The highest BCUT2D eigenvalue weighted by molar-refractivity contribution is 7.89. The third kappa shape index (κ3) is 4.32. The quantitative estimate of drug-likeness (QED) is 0.810. The van der Waals surface area contributed by atoms with Crippen LogP contribution in [0.15, 0.2) is 29.2 Å². The molecule has 1 aromatic carbocycles. The van der Waals surface area contributed by atoms with Crippen molar-refractivity contribution in [3.63, 3.8) is 0 Å². The molecule has 3 rings (SSSR count). The molecule has 1 aromatic rings. The van der Waals surface area contributed by atoms with Crippen molar-refractivity contribution in [1.29, 1.82) is 0 Å². The van der Waals surface area contributed by atoms with Gasteiger partial charge in [-0.25, -0.2) is 13.1 Å². The molecule has 0 bridgehead atoms. The Balaban J connectivity index is 1.63. The van der Waals surface area contributed by atoms with Gasteiger partial charge < -0.3 is 14.8 Å². The predicted molar refractivity (Wildman–Crippen MR) is 87.3 cm³/mol. The molecule has 0 spiro atoms. The van der Waals surface area contributed by atoms with Crippen LogP contribution in [0.1, 0.15) is 29.6 Å². The maximum absolute atomic E-state index is 12.4. The molecule has 0 aromatic heterocycles. The van der Waals surface area contributed by atoms with Crippen LogP contribution in [0.25, 0.3) is 0 Å². The van der Waals surface area contributed by atoms with Crippen LogP contribution >= 0.6 is 0 Å². The topological polar surface area (TPSA) is 93.7 Å². The SMILES string of the molecule is O=C(N[C@H]1CCOC1)c1ccc(S(=O)(=O)NC2CCOCC2)cc1. The van der Waals surface area contributed by atoms with Crippen molar-refractivity contribution in [3.05, 3.63) is 29.8 Å². The fourth-order valence-corrected chi connectivity index (χ4v) is 4.11. The van der Waals surface area contributed by atoms with Gasteiger partial charge in [0.2, 0.25) is 10.0 Å². The van der Waals surface area contributed by atoms with Gasteiger partial charge >= 0.3 is 0 Å². The molecular formula is C16H22N2O5S. The van der Waals surface area contributed by atoms with Crippen LogP contribution in [0.2, 0.25) is 0 Å². The summed E-state index contributed by atoms with van der Waals surface area (Å²) in [4.78, 5) is 12.3. The molecule has 2 saturated heterocycles. The van der Waals surface area contributed by atoms with E-state index in [1.165, 1.54) is 24.3 Å². The van der Waals surface area contributed by atoms with Crippen LogP contribution in [0.5, 0.6) is 0 Å². The fourth-order valence-electron chi connectivity index (χ4n) is 2.81. The Labute approximate surface area is 141 Å². The number of sulfonamides is 1. The molecule has 8 heteroatoms. The van der Waals surface area contributed by atoms with Crippen LogP contribution < -0.4 is 10.0 Å². The molecule has 0 saturated carbocycles. The van der Waals surface area contributed by atoms with E-state index < -0.39 is 10.0 Å². The summed E-state index contributed by atoms with van der Waals surface area (Å²) in [5.41, 5.74) is 0.437. The van der Waals surface area contributed by atoms with Crippen molar-refractivity contribution in [1.82, 2.24) is 10.0 Å². The summed E-state index contributed by atoms with van der Waals surface area (Å²) in [6.45, 7) is 2.31. The molecule has 1 atom stereocenters. The molecule has 1 amide bonds. The van der Waals surface area contributed by atoms with Crippen LogP contribution in [-0.4, -0.2) is 52.8 Å². The largest absolute Gasteiger partial charge is 0.381 e. The highest BCUT2D eigenvalue weighted by Gasteiger charge is 2.23. The molecular weight excluding hydrogens is 332 g/mol.